The van der Waals surface area contributed by atoms with Crippen LogP contribution in [0.1, 0.15) is 12.8 Å². The number of nitrogens with one attached hydrogen (secondary N) is 1. The molecule has 0 unspecified atom stereocenters. The van der Waals surface area contributed by atoms with E-state index in [9.17, 15) is 13.5 Å². The molecule has 0 spiro atoms. The van der Waals surface area contributed by atoms with E-state index < -0.39 is 15.6 Å². The Morgan fingerprint density at radius 3 is 2.81 bits per heavy atom. The third kappa shape index (κ3) is 2.79. The molecule has 0 aliphatic carbocycles. The molecule has 0 radical (unpaired) electrons. The lowest BCUT2D eigenvalue weighted by Gasteiger charge is -2.35. The Hall–Kier alpha value is -1.13. The lowest BCUT2D eigenvalue weighted by atomic mass is 9.93. The maximum Gasteiger partial charge on any atom is 0.243 e. The zero-order valence-corrected chi connectivity index (χ0v) is 12.8. The van der Waals surface area contributed by atoms with E-state index in [1.54, 1.807) is 12.1 Å². The Balaban J connectivity index is 1.95. The monoisotopic (exact) mass is 329 g/mol. The van der Waals surface area contributed by atoms with Gasteiger partial charge in [-0.3, -0.25) is 0 Å². The fourth-order valence-corrected chi connectivity index (χ4v) is 4.61. The summed E-state index contributed by atoms with van der Waals surface area (Å²) in [6, 6.07) is 4.85. The van der Waals surface area contributed by atoms with Crippen LogP contribution in [0.4, 0.5) is 11.4 Å². The Morgan fingerprint density at radius 2 is 2.10 bits per heavy atom. The standard InChI is InChI=1S/C12H15N3O4S2/c16-8-12(4-6-19-7-5-12)15-21(17,18)10-3-1-2-9-11(10)14-20-13-9/h1-3,15-16H,4-8H2. The number of sulfonamides is 1. The van der Waals surface area contributed by atoms with Crippen LogP contribution in [-0.4, -0.2) is 38.9 Å². The average molecular weight is 329 g/mol. The number of aliphatic hydroxyl groups is 1. The first-order valence-corrected chi connectivity index (χ1v) is 8.72. The van der Waals surface area contributed by atoms with E-state index in [0.717, 1.165) is 11.4 Å². The first kappa shape index (κ1) is 14.8. The summed E-state index contributed by atoms with van der Waals surface area (Å²) < 4.78 is 41.3. The minimum atomic E-state index is -3.79. The molecule has 1 aromatic carbocycles. The van der Waals surface area contributed by atoms with E-state index >= 15 is 0 Å². The molecule has 2 aliphatic rings. The van der Waals surface area contributed by atoms with Crippen molar-refractivity contribution >= 4 is 32.8 Å². The van der Waals surface area contributed by atoms with Crippen molar-refractivity contribution in [2.45, 2.75) is 23.3 Å². The van der Waals surface area contributed by atoms with Crippen LogP contribution in [-0.2, 0) is 26.1 Å². The van der Waals surface area contributed by atoms with Gasteiger partial charge in [-0.05, 0) is 25.0 Å². The van der Waals surface area contributed by atoms with Crippen LogP contribution in [0.15, 0.2) is 31.8 Å². The molecule has 0 aromatic heterocycles. The summed E-state index contributed by atoms with van der Waals surface area (Å²) in [5.41, 5.74) is 0.0333. The number of hydrogen-bond acceptors (Lipinski definition) is 6. The van der Waals surface area contributed by atoms with Crippen molar-refractivity contribution in [1.82, 2.24) is 4.72 Å². The van der Waals surface area contributed by atoms with Gasteiger partial charge in [0.1, 0.15) is 16.3 Å². The van der Waals surface area contributed by atoms with Gasteiger partial charge in [-0.2, -0.15) is 8.73 Å². The minimum absolute atomic E-state index is 0.0908. The van der Waals surface area contributed by atoms with E-state index in [1.165, 1.54) is 6.07 Å². The van der Waals surface area contributed by atoms with Gasteiger partial charge in [0.2, 0.25) is 10.0 Å². The predicted molar refractivity (Wildman–Crippen MR) is 78.2 cm³/mol. The highest BCUT2D eigenvalue weighted by molar-refractivity contribution is 7.89. The van der Waals surface area contributed by atoms with Gasteiger partial charge < -0.3 is 9.84 Å². The van der Waals surface area contributed by atoms with E-state index in [4.69, 9.17) is 4.74 Å². The molecule has 2 N–H and O–H groups in total. The highest BCUT2D eigenvalue weighted by atomic mass is 32.2. The molecule has 21 heavy (non-hydrogen) atoms. The summed E-state index contributed by atoms with van der Waals surface area (Å²) in [7, 11) is -3.79. The second kappa shape index (κ2) is 5.58. The molecule has 0 amide bonds. The minimum Gasteiger partial charge on any atom is -0.394 e. The first-order valence-electron chi connectivity index (χ1n) is 6.50. The van der Waals surface area contributed by atoms with Crippen molar-refractivity contribution in [1.29, 1.82) is 0 Å². The Labute approximate surface area is 126 Å². The summed E-state index contributed by atoms with van der Waals surface area (Å²) in [4.78, 5) is 0.0908. The van der Waals surface area contributed by atoms with Gasteiger partial charge in [0, 0.05) is 13.2 Å². The van der Waals surface area contributed by atoms with E-state index in [1.807, 2.05) is 0 Å². The third-order valence-electron chi connectivity index (χ3n) is 3.64. The van der Waals surface area contributed by atoms with Crippen LogP contribution in [0.5, 0.6) is 0 Å². The van der Waals surface area contributed by atoms with E-state index in [0.29, 0.717) is 37.4 Å². The highest BCUT2D eigenvalue weighted by Gasteiger charge is 2.37. The molecular weight excluding hydrogens is 314 g/mol. The third-order valence-corrected chi connectivity index (χ3v) is 5.79. The van der Waals surface area contributed by atoms with Crippen LogP contribution >= 0.6 is 0 Å². The molecule has 114 valence electrons. The zero-order valence-electron chi connectivity index (χ0n) is 11.2. The van der Waals surface area contributed by atoms with Crippen molar-refractivity contribution in [2.24, 2.45) is 8.73 Å². The lowest BCUT2D eigenvalue weighted by molar-refractivity contribution is 0.0223. The maximum atomic E-state index is 12.7. The fourth-order valence-electron chi connectivity index (χ4n) is 2.39. The summed E-state index contributed by atoms with van der Waals surface area (Å²) in [5, 5.41) is 9.62. The molecule has 1 saturated heterocycles. The summed E-state index contributed by atoms with van der Waals surface area (Å²) in [6.45, 7) is 0.581. The maximum absolute atomic E-state index is 12.7. The van der Waals surface area contributed by atoms with Crippen molar-refractivity contribution in [3.8, 4) is 0 Å². The number of hydrogen-bond donors (Lipinski definition) is 2. The normalized spacial score (nSPS) is 20.0. The molecule has 0 saturated carbocycles. The number of aliphatic hydroxyl groups excluding tert-OH is 1. The first-order chi connectivity index (χ1) is 10.1. The number of fused-ring (bicyclic) bond motifs is 1. The number of rotatable bonds is 4. The lowest BCUT2D eigenvalue weighted by Crippen LogP contribution is -2.54. The quantitative estimate of drug-likeness (QED) is 0.881. The number of nitrogens with zero attached hydrogens (tertiary/aromatic N) is 2. The largest absolute Gasteiger partial charge is 0.394 e. The molecule has 3 rings (SSSR count). The van der Waals surface area contributed by atoms with Gasteiger partial charge in [-0.25, -0.2) is 13.1 Å². The second-order valence-corrected chi connectivity index (χ2v) is 7.22. The molecule has 0 bridgehead atoms. The molecule has 9 heteroatoms. The van der Waals surface area contributed by atoms with Crippen LogP contribution in [0, 0.1) is 0 Å². The van der Waals surface area contributed by atoms with Gasteiger partial charge in [0.25, 0.3) is 0 Å². The zero-order chi connectivity index (χ0) is 14.9. The predicted octanol–water partition coefficient (Wildman–Crippen LogP) is 1.23. The van der Waals surface area contributed by atoms with E-state index in [-0.39, 0.29) is 11.5 Å². The van der Waals surface area contributed by atoms with Crippen LogP contribution in [0.2, 0.25) is 0 Å². The molecule has 1 fully saturated rings. The summed E-state index contributed by atoms with van der Waals surface area (Å²) in [6.07, 6.45) is 0.877. The average Bonchev–Trinajstić information content (AvgIpc) is 2.96. The molecule has 1 aromatic rings. The molecule has 2 aliphatic heterocycles. The molecule has 0 atom stereocenters. The van der Waals surface area contributed by atoms with Gasteiger partial charge in [0.05, 0.1) is 23.5 Å². The Bertz CT molecular complexity index is 720. The molecular formula is C12H15N3O4S2. The highest BCUT2D eigenvalue weighted by Crippen LogP contribution is 2.38. The van der Waals surface area contributed by atoms with Crippen LogP contribution in [0.25, 0.3) is 0 Å². The summed E-state index contributed by atoms with van der Waals surface area (Å²) >= 11 is 0.972. The van der Waals surface area contributed by atoms with Crippen molar-refractivity contribution in [3.63, 3.8) is 0 Å². The SMILES string of the molecule is O=S(=O)(NC1(CO)CCOCC1)c1cccc2c1N=S=N2. The van der Waals surface area contributed by atoms with Crippen molar-refractivity contribution in [3.05, 3.63) is 18.2 Å². The topological polar surface area (TPSA) is 100 Å². The van der Waals surface area contributed by atoms with Crippen LogP contribution < -0.4 is 4.72 Å². The molecule has 2 heterocycles. The van der Waals surface area contributed by atoms with Gasteiger partial charge >= 0.3 is 0 Å². The Morgan fingerprint density at radius 1 is 1.33 bits per heavy atom. The number of benzene rings is 1. The Kier molecular flexibility index (Phi) is 3.93. The summed E-state index contributed by atoms with van der Waals surface area (Å²) in [5.74, 6) is 0. The van der Waals surface area contributed by atoms with E-state index in [2.05, 4.69) is 13.4 Å². The van der Waals surface area contributed by atoms with Crippen molar-refractivity contribution in [2.75, 3.05) is 19.8 Å². The second-order valence-electron chi connectivity index (χ2n) is 5.04. The van der Waals surface area contributed by atoms with Gasteiger partial charge in [-0.15, -0.1) is 0 Å². The van der Waals surface area contributed by atoms with Gasteiger partial charge in [0.15, 0.2) is 0 Å². The number of ether oxygens (including phenoxy) is 1. The van der Waals surface area contributed by atoms with Gasteiger partial charge in [-0.1, -0.05) is 6.07 Å². The van der Waals surface area contributed by atoms with Crippen LogP contribution in [0.3, 0.4) is 0 Å². The smallest absolute Gasteiger partial charge is 0.243 e. The molecule has 7 nitrogen and oxygen atoms in total. The van der Waals surface area contributed by atoms with Crippen molar-refractivity contribution < 1.29 is 18.3 Å². The fraction of sp³-hybridized carbons (Fsp3) is 0.500.